The molecular weight excluding hydrogens is 402 g/mol. The molecule has 0 radical (unpaired) electrons. The molecule has 32 heavy (non-hydrogen) atoms. The molecule has 0 atom stereocenters. The van der Waals surface area contributed by atoms with Gasteiger partial charge in [-0.1, -0.05) is 40.2 Å². The Labute approximate surface area is 191 Å². The van der Waals surface area contributed by atoms with Gasteiger partial charge in [-0.25, -0.2) is 9.97 Å². The van der Waals surface area contributed by atoms with Crippen LogP contribution in [0.5, 0.6) is 11.5 Å². The maximum atomic E-state index is 9.08. The van der Waals surface area contributed by atoms with Crippen molar-refractivity contribution >= 4 is 22.4 Å². The number of benzene rings is 2. The SMILES string of the molecule is C.C#Cc1cccc(Nc2ncnc3cc(OCCCO)c(OCCC(C)(C)C)cc23)c1. The molecule has 1 aromatic heterocycles. The highest BCUT2D eigenvalue weighted by Gasteiger charge is 2.15. The fraction of sp³-hybridized carbons (Fsp3) is 0.385. The van der Waals surface area contributed by atoms with Gasteiger partial charge in [0.2, 0.25) is 0 Å². The molecule has 0 aliphatic carbocycles. The monoisotopic (exact) mass is 435 g/mol. The molecule has 0 saturated heterocycles. The van der Waals surface area contributed by atoms with Gasteiger partial charge in [-0.05, 0) is 36.1 Å². The van der Waals surface area contributed by atoms with Crippen LogP contribution in [-0.4, -0.2) is 34.9 Å². The predicted octanol–water partition coefficient (Wildman–Crippen LogP) is 5.57. The van der Waals surface area contributed by atoms with Crippen molar-refractivity contribution in [2.45, 2.75) is 41.0 Å². The third kappa shape index (κ3) is 6.86. The molecule has 0 spiro atoms. The largest absolute Gasteiger partial charge is 0.490 e. The average Bonchev–Trinajstić information content (AvgIpc) is 2.74. The van der Waals surface area contributed by atoms with Crippen LogP contribution in [0.4, 0.5) is 11.5 Å². The number of aliphatic hydroxyl groups is 1. The van der Waals surface area contributed by atoms with Crippen LogP contribution in [0, 0.1) is 17.8 Å². The van der Waals surface area contributed by atoms with E-state index in [2.05, 4.69) is 42.0 Å². The molecule has 2 aromatic carbocycles. The molecule has 3 rings (SSSR count). The summed E-state index contributed by atoms with van der Waals surface area (Å²) in [6.45, 7) is 7.56. The fourth-order valence-corrected chi connectivity index (χ4v) is 2.93. The summed E-state index contributed by atoms with van der Waals surface area (Å²) >= 11 is 0. The maximum absolute atomic E-state index is 9.08. The second-order valence-electron chi connectivity index (χ2n) is 8.47. The molecule has 0 unspecified atom stereocenters. The Balaban J connectivity index is 0.00000363. The number of nitrogens with one attached hydrogen (secondary N) is 1. The molecule has 6 heteroatoms. The Bertz CT molecular complexity index is 1070. The number of aromatic nitrogens is 2. The molecule has 1 heterocycles. The number of anilines is 2. The topological polar surface area (TPSA) is 76.5 Å². The van der Waals surface area contributed by atoms with E-state index in [0.717, 1.165) is 28.6 Å². The molecule has 0 amide bonds. The van der Waals surface area contributed by atoms with Gasteiger partial charge in [0.15, 0.2) is 11.5 Å². The summed E-state index contributed by atoms with van der Waals surface area (Å²) < 4.78 is 12.0. The Hall–Kier alpha value is -3.30. The van der Waals surface area contributed by atoms with Crippen LogP contribution in [0.15, 0.2) is 42.7 Å². The van der Waals surface area contributed by atoms with Crippen LogP contribution in [0.1, 0.15) is 46.6 Å². The van der Waals surface area contributed by atoms with E-state index >= 15 is 0 Å². The lowest BCUT2D eigenvalue weighted by atomic mass is 9.93. The number of aliphatic hydroxyl groups excluding tert-OH is 1. The van der Waals surface area contributed by atoms with Crippen molar-refractivity contribution < 1.29 is 14.6 Å². The van der Waals surface area contributed by atoms with Crippen molar-refractivity contribution in [3.8, 4) is 23.8 Å². The zero-order valence-electron chi connectivity index (χ0n) is 18.3. The zero-order chi connectivity index (χ0) is 22.3. The predicted molar refractivity (Wildman–Crippen MR) is 131 cm³/mol. The van der Waals surface area contributed by atoms with Gasteiger partial charge < -0.3 is 19.9 Å². The van der Waals surface area contributed by atoms with Gasteiger partial charge in [0, 0.05) is 35.7 Å². The van der Waals surface area contributed by atoms with E-state index in [1.54, 1.807) is 0 Å². The van der Waals surface area contributed by atoms with Gasteiger partial charge >= 0.3 is 0 Å². The van der Waals surface area contributed by atoms with Crippen molar-refractivity contribution in [1.29, 1.82) is 0 Å². The highest BCUT2D eigenvalue weighted by Crippen LogP contribution is 2.35. The molecule has 170 valence electrons. The number of nitrogens with zero attached hydrogens (tertiary/aromatic N) is 2. The first-order chi connectivity index (χ1) is 14.9. The Morgan fingerprint density at radius 3 is 2.53 bits per heavy atom. The Morgan fingerprint density at radius 2 is 1.81 bits per heavy atom. The summed E-state index contributed by atoms with van der Waals surface area (Å²) in [6, 6.07) is 11.3. The van der Waals surface area contributed by atoms with Gasteiger partial charge in [-0.15, -0.1) is 6.42 Å². The smallest absolute Gasteiger partial charge is 0.163 e. The summed E-state index contributed by atoms with van der Waals surface area (Å²) in [4.78, 5) is 8.82. The van der Waals surface area contributed by atoms with E-state index in [1.165, 1.54) is 6.33 Å². The molecular formula is C26H33N3O3. The zero-order valence-corrected chi connectivity index (χ0v) is 18.3. The highest BCUT2D eigenvalue weighted by atomic mass is 16.5. The fourth-order valence-electron chi connectivity index (χ4n) is 2.93. The van der Waals surface area contributed by atoms with Gasteiger partial charge in [-0.2, -0.15) is 0 Å². The minimum absolute atomic E-state index is 0. The van der Waals surface area contributed by atoms with Crippen LogP contribution in [0.25, 0.3) is 10.9 Å². The minimum Gasteiger partial charge on any atom is -0.490 e. The molecule has 2 N–H and O–H groups in total. The summed E-state index contributed by atoms with van der Waals surface area (Å²) in [6.07, 6.45) is 8.47. The third-order valence-electron chi connectivity index (χ3n) is 4.66. The van der Waals surface area contributed by atoms with Crippen molar-refractivity contribution in [1.82, 2.24) is 9.97 Å². The van der Waals surface area contributed by atoms with E-state index in [1.807, 2.05) is 36.4 Å². The van der Waals surface area contributed by atoms with Gasteiger partial charge in [0.05, 0.1) is 18.7 Å². The summed E-state index contributed by atoms with van der Waals surface area (Å²) in [5.41, 5.74) is 2.52. The van der Waals surface area contributed by atoms with E-state index in [4.69, 9.17) is 21.0 Å². The van der Waals surface area contributed by atoms with Crippen LogP contribution < -0.4 is 14.8 Å². The quantitative estimate of drug-likeness (QED) is 0.338. The number of hydrogen-bond donors (Lipinski definition) is 2. The first-order valence-electron chi connectivity index (χ1n) is 10.4. The number of fused-ring (bicyclic) bond motifs is 1. The van der Waals surface area contributed by atoms with Crippen molar-refractivity contribution in [2.75, 3.05) is 25.1 Å². The van der Waals surface area contributed by atoms with E-state index < -0.39 is 0 Å². The maximum Gasteiger partial charge on any atom is 0.163 e. The third-order valence-corrected chi connectivity index (χ3v) is 4.66. The van der Waals surface area contributed by atoms with E-state index in [-0.39, 0.29) is 19.4 Å². The summed E-state index contributed by atoms with van der Waals surface area (Å²) in [5, 5.41) is 13.2. The molecule has 3 aromatic rings. The molecule has 0 aliphatic heterocycles. The lowest BCUT2D eigenvalue weighted by Crippen LogP contribution is -2.12. The minimum atomic E-state index is 0. The Morgan fingerprint density at radius 1 is 1.06 bits per heavy atom. The number of rotatable bonds is 9. The molecule has 0 aliphatic rings. The van der Waals surface area contributed by atoms with Gasteiger partial charge in [0.25, 0.3) is 0 Å². The van der Waals surface area contributed by atoms with Crippen molar-refractivity contribution in [2.24, 2.45) is 5.41 Å². The first-order valence-corrected chi connectivity index (χ1v) is 10.4. The van der Waals surface area contributed by atoms with Gasteiger partial charge in [-0.3, -0.25) is 0 Å². The lowest BCUT2D eigenvalue weighted by Gasteiger charge is -2.20. The number of ether oxygens (including phenoxy) is 2. The number of hydrogen-bond acceptors (Lipinski definition) is 6. The van der Waals surface area contributed by atoms with Crippen molar-refractivity contribution in [3.05, 3.63) is 48.3 Å². The lowest BCUT2D eigenvalue weighted by molar-refractivity contribution is 0.211. The Kier molecular flexibility index (Phi) is 8.86. The molecule has 6 nitrogen and oxygen atoms in total. The molecule has 0 bridgehead atoms. The van der Waals surface area contributed by atoms with E-state index in [0.29, 0.717) is 37.0 Å². The summed E-state index contributed by atoms with van der Waals surface area (Å²) in [7, 11) is 0. The van der Waals surface area contributed by atoms with Crippen LogP contribution >= 0.6 is 0 Å². The van der Waals surface area contributed by atoms with Crippen LogP contribution in [-0.2, 0) is 0 Å². The molecule has 0 saturated carbocycles. The van der Waals surface area contributed by atoms with Gasteiger partial charge in [0.1, 0.15) is 12.1 Å². The second-order valence-corrected chi connectivity index (χ2v) is 8.47. The normalized spacial score (nSPS) is 10.8. The van der Waals surface area contributed by atoms with Crippen LogP contribution in [0.2, 0.25) is 0 Å². The van der Waals surface area contributed by atoms with E-state index in [9.17, 15) is 0 Å². The second kappa shape index (κ2) is 11.4. The first kappa shape index (κ1) is 25.0. The number of terminal acetylenes is 1. The van der Waals surface area contributed by atoms with Crippen molar-refractivity contribution in [3.63, 3.8) is 0 Å². The standard InChI is InChI=1S/C25H29N3O3.CH4/c1-5-18-8-6-9-19(14-18)28-24-20-15-22(31-13-10-25(2,3)4)23(30-12-7-11-29)16-21(20)26-17-27-24;/h1,6,8-9,14-17,29H,7,10-13H2,2-4H3,(H,26,27,28);1H4. The summed E-state index contributed by atoms with van der Waals surface area (Å²) in [5.74, 6) is 4.53. The average molecular weight is 436 g/mol. The van der Waals surface area contributed by atoms with Crippen LogP contribution in [0.3, 0.4) is 0 Å². The highest BCUT2D eigenvalue weighted by molar-refractivity contribution is 5.93. The molecule has 0 fully saturated rings.